The molecule has 3 rings (SSSR count). The first-order chi connectivity index (χ1) is 57.7. The lowest BCUT2D eigenvalue weighted by atomic mass is 9.84. The predicted octanol–water partition coefficient (Wildman–Crippen LogP) is 17.9. The van der Waals surface area contributed by atoms with E-state index in [1.165, 1.54) is 135 Å². The average molecular weight is 1720 g/mol. The molecule has 696 valence electrons. The van der Waals surface area contributed by atoms with Crippen molar-refractivity contribution in [3.63, 3.8) is 0 Å². The van der Waals surface area contributed by atoms with Crippen molar-refractivity contribution in [3.05, 3.63) is 36.5 Å². The maximum absolute atomic E-state index is 14.9. The molecule has 1 aliphatic carbocycles. The third-order valence-corrected chi connectivity index (χ3v) is 24.1. The molecule has 18 atom stereocenters. The molecule has 0 spiro atoms. The normalized spacial score (nSPS) is 25.0. The van der Waals surface area contributed by atoms with Gasteiger partial charge in [0.25, 0.3) is 0 Å². The highest BCUT2D eigenvalue weighted by Crippen LogP contribution is 2.49. The molecular weight excluding hydrogens is 1550 g/mol. The summed E-state index contributed by atoms with van der Waals surface area (Å²) in [7, 11) is -5.81. The number of rotatable bonds is 77. The van der Waals surface area contributed by atoms with Crippen molar-refractivity contribution in [2.45, 2.75) is 504 Å². The van der Waals surface area contributed by atoms with Gasteiger partial charge in [-0.3, -0.25) is 28.2 Å². The summed E-state index contributed by atoms with van der Waals surface area (Å²) in [6.45, 7) is 5.57. The van der Waals surface area contributed by atoms with Gasteiger partial charge in [-0.25, -0.2) is 4.57 Å². The summed E-state index contributed by atoms with van der Waals surface area (Å²) in [5.74, 6) is -2.98. The van der Waals surface area contributed by atoms with E-state index in [4.69, 9.17) is 46.9 Å². The van der Waals surface area contributed by atoms with Crippen LogP contribution in [0.4, 0.5) is 0 Å². The van der Waals surface area contributed by atoms with E-state index < -0.39 is 162 Å². The number of carbonyl (C=O) groups is 4. The van der Waals surface area contributed by atoms with E-state index >= 15 is 0 Å². The highest BCUT2D eigenvalue weighted by atomic mass is 31.2. The topological polar surface area (TPSA) is 380 Å². The molecule has 0 amide bonds. The van der Waals surface area contributed by atoms with Crippen molar-refractivity contribution >= 4 is 31.7 Å². The van der Waals surface area contributed by atoms with E-state index in [1.807, 2.05) is 0 Å². The van der Waals surface area contributed by atoms with Gasteiger partial charge in [0.15, 0.2) is 24.8 Å². The van der Waals surface area contributed by atoms with Crippen molar-refractivity contribution in [2.24, 2.45) is 0 Å². The lowest BCUT2D eigenvalue weighted by molar-refractivity contribution is -0.360. The minimum atomic E-state index is -5.81. The Bertz CT molecular complexity index is 2610. The van der Waals surface area contributed by atoms with Crippen LogP contribution in [-0.4, -0.2) is 205 Å². The van der Waals surface area contributed by atoms with Crippen LogP contribution in [0.1, 0.15) is 400 Å². The molecule has 2 aliphatic heterocycles. The number of phosphoric ester groups is 1. The monoisotopic (exact) mass is 1720 g/mol. The zero-order valence-corrected chi connectivity index (χ0v) is 75.1. The number of hydrogen-bond donors (Lipinski definition) is 10. The van der Waals surface area contributed by atoms with Crippen LogP contribution < -0.4 is 0 Å². The molecule has 10 N–H and O–H groups in total. The molecule has 3 aliphatic rings. The van der Waals surface area contributed by atoms with Crippen LogP contribution in [0.25, 0.3) is 0 Å². The fraction of sp³-hybridized carbons (Fsp3) is 0.892. The largest absolute Gasteiger partial charge is 0.472 e. The molecule has 2 heterocycles. The predicted molar refractivity (Wildman–Crippen MR) is 462 cm³/mol. The van der Waals surface area contributed by atoms with Crippen LogP contribution in [0.15, 0.2) is 36.5 Å². The Morgan fingerprint density at radius 1 is 0.328 bits per heavy atom. The zero-order valence-electron chi connectivity index (χ0n) is 74.2. The SMILES string of the molecule is CCCCCC/C=C\CCCCCCCCCC(=O)OCC1OC(OC2C(OC(=O)CCCCCCCCC/C=C\CCCCCC)C(O)C(O)C(OC3OC(CO)C(O)C(O)C3O)C2OP(=O)(O)OCC(COC(=O)CCCCCCCCCCCCCCCCC)OC(=O)CCCCCCCCC/C=C\CCCCCC)C(O)C(O)C1O. The van der Waals surface area contributed by atoms with Crippen LogP contribution in [0.5, 0.6) is 0 Å². The molecular formula is C93H169O25P. The molecule has 2 saturated heterocycles. The van der Waals surface area contributed by atoms with Crippen molar-refractivity contribution in [1.29, 1.82) is 0 Å². The van der Waals surface area contributed by atoms with Crippen molar-refractivity contribution in [3.8, 4) is 0 Å². The van der Waals surface area contributed by atoms with Gasteiger partial charge >= 0.3 is 31.7 Å². The maximum Gasteiger partial charge on any atom is 0.472 e. The van der Waals surface area contributed by atoms with Crippen molar-refractivity contribution < 1.29 is 122 Å². The van der Waals surface area contributed by atoms with E-state index in [-0.39, 0.29) is 25.7 Å². The van der Waals surface area contributed by atoms with Crippen LogP contribution in [-0.2, 0) is 70.7 Å². The van der Waals surface area contributed by atoms with Gasteiger partial charge in [0.05, 0.1) is 13.2 Å². The summed E-state index contributed by atoms with van der Waals surface area (Å²) in [6, 6.07) is 0. The Hall–Kier alpha value is -3.31. The number of esters is 4. The molecule has 0 radical (unpaired) electrons. The van der Waals surface area contributed by atoms with E-state index in [0.29, 0.717) is 38.5 Å². The molecule has 0 aromatic rings. The van der Waals surface area contributed by atoms with Gasteiger partial charge < -0.3 is 88.7 Å². The van der Waals surface area contributed by atoms with Gasteiger partial charge in [0, 0.05) is 25.7 Å². The van der Waals surface area contributed by atoms with E-state index in [1.54, 1.807) is 0 Å². The van der Waals surface area contributed by atoms with Gasteiger partial charge in [-0.2, -0.15) is 0 Å². The Balaban J connectivity index is 1.91. The van der Waals surface area contributed by atoms with Gasteiger partial charge in [0.2, 0.25) is 0 Å². The first-order valence-electron chi connectivity index (χ1n) is 47.7. The second-order valence-electron chi connectivity index (χ2n) is 33.9. The number of aliphatic hydroxyl groups is 9. The highest BCUT2D eigenvalue weighted by Gasteiger charge is 2.60. The van der Waals surface area contributed by atoms with E-state index in [9.17, 15) is 74.6 Å². The van der Waals surface area contributed by atoms with Crippen LogP contribution in [0, 0.1) is 0 Å². The fourth-order valence-electron chi connectivity index (χ4n) is 15.5. The number of allylic oxidation sites excluding steroid dienone is 6. The molecule has 1 saturated carbocycles. The minimum Gasteiger partial charge on any atom is -0.463 e. The summed E-state index contributed by atoms with van der Waals surface area (Å²) in [6.07, 6.45) is 34.0. The second kappa shape index (κ2) is 71.8. The molecule has 25 nitrogen and oxygen atoms in total. The Labute approximate surface area is 717 Å². The number of aliphatic hydroxyl groups excluding tert-OH is 9. The molecule has 3 fully saturated rings. The Morgan fingerprint density at radius 2 is 0.630 bits per heavy atom. The Morgan fingerprint density at radius 3 is 1.01 bits per heavy atom. The molecule has 0 bridgehead atoms. The summed E-state index contributed by atoms with van der Waals surface area (Å²) in [5, 5.41) is 102. The van der Waals surface area contributed by atoms with Crippen LogP contribution >= 0.6 is 7.82 Å². The van der Waals surface area contributed by atoms with Crippen molar-refractivity contribution in [2.75, 3.05) is 26.4 Å². The standard InChI is InChI=1S/C93H169O25P/c1-5-9-13-17-21-25-29-33-37-41-45-49-53-57-61-65-76(95)109-70-73(112-78(97)67-63-59-55-51-47-43-39-35-31-27-23-19-15-11-7-3)71-111-119(107,108)118-91-89(116-92-86(105)82(101)80(99)74(69-94)113-92)85(104)84(103)88(115-79(98)68-64-60-56-52-48-44-40-36-32-28-24-20-16-12-8-4)90(91)117-93-87(106)83(102)81(100)75(114-93)72-110-77(96)66-62-58-54-50-46-42-38-34-30-26-22-18-14-10-6-2/h26-28,30-32,73-75,80-94,99-106H,5-25,29,33-72H2,1-4H3,(H,107,108)/b30-26-,31-27-,32-28-. The van der Waals surface area contributed by atoms with Gasteiger partial charge in [0.1, 0.15) is 92.6 Å². The zero-order chi connectivity index (χ0) is 86.8. The van der Waals surface area contributed by atoms with Crippen LogP contribution in [0.2, 0.25) is 0 Å². The summed E-state index contributed by atoms with van der Waals surface area (Å²) in [4.78, 5) is 66.5. The Kier molecular flexibility index (Phi) is 66.3. The second-order valence-corrected chi connectivity index (χ2v) is 35.3. The third-order valence-electron chi connectivity index (χ3n) is 23.1. The number of carbonyl (C=O) groups excluding carboxylic acids is 4. The first-order valence-corrected chi connectivity index (χ1v) is 49.2. The summed E-state index contributed by atoms with van der Waals surface area (Å²) < 4.78 is 73.5. The number of hydrogen-bond acceptors (Lipinski definition) is 24. The fourth-order valence-corrected chi connectivity index (χ4v) is 16.4. The molecule has 0 aromatic heterocycles. The highest BCUT2D eigenvalue weighted by molar-refractivity contribution is 7.47. The quantitative estimate of drug-likeness (QED) is 0.00889. The molecule has 26 heteroatoms. The van der Waals surface area contributed by atoms with Crippen molar-refractivity contribution in [1.82, 2.24) is 0 Å². The number of unbranched alkanes of at least 4 members (excludes halogenated alkanes) is 47. The minimum absolute atomic E-state index is 0.00794. The molecule has 0 aromatic carbocycles. The third kappa shape index (κ3) is 51.8. The number of phosphoric acid groups is 1. The molecule has 18 unspecified atom stereocenters. The van der Waals surface area contributed by atoms with Gasteiger partial charge in [-0.05, 0) is 103 Å². The smallest absolute Gasteiger partial charge is 0.463 e. The first kappa shape index (κ1) is 110. The molecule has 119 heavy (non-hydrogen) atoms. The van der Waals surface area contributed by atoms with E-state index in [0.717, 1.165) is 173 Å². The van der Waals surface area contributed by atoms with Crippen LogP contribution in [0.3, 0.4) is 0 Å². The summed E-state index contributed by atoms with van der Waals surface area (Å²) in [5.41, 5.74) is 0. The van der Waals surface area contributed by atoms with Gasteiger partial charge in [-0.1, -0.05) is 308 Å². The lowest BCUT2D eigenvalue weighted by Crippen LogP contribution is -2.70. The lowest BCUT2D eigenvalue weighted by Gasteiger charge is -2.50. The average Bonchev–Trinajstić information content (AvgIpc) is 0.754. The van der Waals surface area contributed by atoms with Gasteiger partial charge in [-0.15, -0.1) is 0 Å². The summed E-state index contributed by atoms with van der Waals surface area (Å²) >= 11 is 0. The number of ether oxygens (including phenoxy) is 8. The van der Waals surface area contributed by atoms with E-state index in [2.05, 4.69) is 64.2 Å². The maximum atomic E-state index is 14.9.